The lowest BCUT2D eigenvalue weighted by molar-refractivity contribution is 0.398. The van der Waals surface area contributed by atoms with Gasteiger partial charge in [0.1, 0.15) is 22.3 Å². The second kappa shape index (κ2) is 31.0. The average Bonchev–Trinajstić information content (AvgIpc) is 1.51. The minimum atomic E-state index is -0.376. The SMILES string of the molecule is CCCCCCCCC1(CCCCCCCC)c2cc3c(cc2-c2cc4c(cc21)-c1c(cc(-c2cc(-c5cc(C)c(-c6ccc7c(c6)C(C)(C)c6ccccc6-7)cc5C)cc5c2oc2ccccc25)c2ccccc12)C4(C)C)C(C)(C)c1cc(-c2cc(-c4cc(C)c(-c5ccc(-c6ccc7c(c6)C(C)(C)c6ccccc6-7)cc5)cc4C)cc4c2oc2ccccc24)c2ccccc2c1-3. The fourth-order valence-corrected chi connectivity index (χ4v) is 26.0. The number of fused-ring (bicyclic) bond motifs is 25. The highest BCUT2D eigenvalue weighted by atomic mass is 16.3. The summed E-state index contributed by atoms with van der Waals surface area (Å²) in [5.74, 6) is 0. The molecule has 2 heteroatoms. The second-order valence-electron chi connectivity index (χ2n) is 42.4. The topological polar surface area (TPSA) is 26.3 Å². The normalized spacial score (nSPS) is 15.0. The maximum absolute atomic E-state index is 7.25. The van der Waals surface area contributed by atoms with Gasteiger partial charge >= 0.3 is 0 Å². The molecule has 24 rings (SSSR count). The van der Waals surface area contributed by atoms with Crippen LogP contribution in [0.25, 0.3) is 199 Å². The zero-order valence-corrected chi connectivity index (χ0v) is 79.9. The number of hydrogen-bond donors (Lipinski definition) is 0. The summed E-state index contributed by atoms with van der Waals surface area (Å²) >= 11 is 0. The first-order valence-electron chi connectivity index (χ1n) is 49.8. The Morgan fingerprint density at radius 3 is 0.970 bits per heavy atom. The molecule has 2 aromatic heterocycles. The fourth-order valence-electron chi connectivity index (χ4n) is 26.0. The third-order valence-electron chi connectivity index (χ3n) is 33.2. The van der Waals surface area contributed by atoms with Gasteiger partial charge < -0.3 is 8.83 Å². The molecule has 0 atom stereocenters. The van der Waals surface area contributed by atoms with Crippen LogP contribution in [-0.2, 0) is 27.1 Å². The summed E-state index contributed by atoms with van der Waals surface area (Å²) in [5, 5.41) is 9.66. The van der Waals surface area contributed by atoms with E-state index < -0.39 is 0 Å². The number of furan rings is 2. The van der Waals surface area contributed by atoms with Crippen LogP contribution >= 0.6 is 0 Å². The van der Waals surface area contributed by atoms with Crippen molar-refractivity contribution >= 4 is 65.4 Å². The predicted molar refractivity (Wildman–Crippen MR) is 565 cm³/mol. The molecule has 0 aliphatic heterocycles. The van der Waals surface area contributed by atoms with Crippen molar-refractivity contribution in [2.45, 2.75) is 214 Å². The largest absolute Gasteiger partial charge is 0.455 e. The van der Waals surface area contributed by atoms with Crippen LogP contribution < -0.4 is 0 Å². The van der Waals surface area contributed by atoms with Gasteiger partial charge in [0.2, 0.25) is 0 Å². The van der Waals surface area contributed by atoms with Gasteiger partial charge in [0.25, 0.3) is 0 Å². The number of unbranched alkanes of at least 4 members (excludes halogenated alkanes) is 10. The molecule has 19 aromatic rings. The van der Waals surface area contributed by atoms with Crippen LogP contribution in [0.3, 0.4) is 0 Å². The molecule has 0 radical (unpaired) electrons. The van der Waals surface area contributed by atoms with Gasteiger partial charge in [-0.2, -0.15) is 0 Å². The van der Waals surface area contributed by atoms with E-state index in [1.165, 1.54) is 288 Å². The summed E-state index contributed by atoms with van der Waals surface area (Å²) < 4.78 is 14.5. The van der Waals surface area contributed by atoms with Crippen molar-refractivity contribution in [3.8, 4) is 134 Å². The lowest BCUT2D eigenvalue weighted by Gasteiger charge is -2.34. The minimum Gasteiger partial charge on any atom is -0.455 e. The van der Waals surface area contributed by atoms with Crippen molar-refractivity contribution in [1.82, 2.24) is 0 Å². The predicted octanol–water partition coefficient (Wildman–Crippen LogP) is 37.7. The maximum Gasteiger partial charge on any atom is 0.143 e. The molecule has 0 unspecified atom stereocenters. The van der Waals surface area contributed by atoms with E-state index in [1.54, 1.807) is 11.1 Å². The first-order valence-corrected chi connectivity index (χ1v) is 49.8. The zero-order chi connectivity index (χ0) is 90.6. The molecule has 0 bridgehead atoms. The maximum atomic E-state index is 7.25. The summed E-state index contributed by atoms with van der Waals surface area (Å²) in [6, 6.07) is 114. The monoisotopic (exact) mass is 1720 g/mol. The van der Waals surface area contributed by atoms with Crippen molar-refractivity contribution in [3.63, 3.8) is 0 Å². The van der Waals surface area contributed by atoms with Crippen molar-refractivity contribution in [2.75, 3.05) is 0 Å². The Balaban J connectivity index is 0.634. The van der Waals surface area contributed by atoms with Crippen LogP contribution in [0.4, 0.5) is 0 Å². The van der Waals surface area contributed by atoms with E-state index >= 15 is 0 Å². The lowest BCUT2D eigenvalue weighted by atomic mass is 9.69. The molecule has 654 valence electrons. The van der Waals surface area contributed by atoms with Gasteiger partial charge in [-0.15, -0.1) is 0 Å². The summed E-state index contributed by atoms with van der Waals surface area (Å²) in [6.07, 6.45) is 17.3. The highest BCUT2D eigenvalue weighted by Crippen LogP contribution is 2.65. The van der Waals surface area contributed by atoms with E-state index in [0.717, 1.165) is 67.8 Å². The Kier molecular flexibility index (Phi) is 19.3. The molecule has 0 saturated carbocycles. The molecule has 5 aliphatic rings. The number of para-hydroxylation sites is 2. The van der Waals surface area contributed by atoms with E-state index in [0.29, 0.717) is 0 Å². The van der Waals surface area contributed by atoms with Crippen molar-refractivity contribution in [3.05, 3.63) is 369 Å². The first-order chi connectivity index (χ1) is 64.5. The Hall–Kier alpha value is -13.1. The standard InChI is InChI=1S/C131H118O2/c1-15-17-19-21-23-37-59-131(60-38-24-22-20-18-16-2)117-75-109-115(129(11,12)119-71-101(87-39-25-27-45-95(87)123(109)119)107-67-85(65-105-93-43-31-35-49-121(93)132-125(105)107)99-63-77(3)97(61-79(99)5)82-53-51-81(52-54-82)83-55-57-91-89-41-29-33-47-111(89)127(7,8)113(91)69-83)73-103(117)104-74-116-110(76-118(104)131)124-96-46-28-26-40-88(96)102(72-120(124)130(116,13)14)108-68-86(66-106-94-44-32-36-50-122(94)133-126(106)108)100-64-78(4)98(62-80(100)6)84-56-58-92-90-42-30-34-48-112(90)128(9,10)114(92)70-84/h25-36,39-58,61-76H,15-24,37-38,59-60H2,1-14H3. The molecule has 0 amide bonds. The van der Waals surface area contributed by atoms with Crippen LogP contribution in [0, 0.1) is 27.7 Å². The molecule has 0 saturated heterocycles. The highest BCUT2D eigenvalue weighted by molar-refractivity contribution is 6.19. The molecular weight excluding hydrogens is 1610 g/mol. The van der Waals surface area contributed by atoms with Gasteiger partial charge in [0, 0.05) is 59.7 Å². The van der Waals surface area contributed by atoms with Crippen LogP contribution in [0.5, 0.6) is 0 Å². The highest BCUT2D eigenvalue weighted by Gasteiger charge is 2.50. The summed E-state index contributed by atoms with van der Waals surface area (Å²) in [6.45, 7) is 33.6. The third kappa shape index (κ3) is 12.6. The molecule has 5 aliphatic carbocycles. The van der Waals surface area contributed by atoms with E-state index in [2.05, 4.69) is 388 Å². The molecule has 0 fully saturated rings. The third-order valence-corrected chi connectivity index (χ3v) is 33.2. The molecule has 0 N–H and O–H groups in total. The number of hydrogen-bond acceptors (Lipinski definition) is 2. The quantitative estimate of drug-likeness (QED) is 0.0670. The molecular formula is C131H118O2. The smallest absolute Gasteiger partial charge is 0.143 e. The van der Waals surface area contributed by atoms with Crippen molar-refractivity contribution in [2.24, 2.45) is 0 Å². The van der Waals surface area contributed by atoms with Crippen LogP contribution in [0.2, 0.25) is 0 Å². The van der Waals surface area contributed by atoms with Gasteiger partial charge in [-0.25, -0.2) is 0 Å². The van der Waals surface area contributed by atoms with Gasteiger partial charge in [-0.3, -0.25) is 0 Å². The molecule has 17 aromatic carbocycles. The average molecular weight is 1720 g/mol. The summed E-state index contributed by atoms with van der Waals surface area (Å²) in [5.41, 5.74) is 52.8. The minimum absolute atomic E-state index is 0.0585. The number of rotatable bonds is 21. The van der Waals surface area contributed by atoms with E-state index in [1.807, 2.05) is 0 Å². The van der Waals surface area contributed by atoms with Gasteiger partial charge in [-0.05, 0) is 347 Å². The summed E-state index contributed by atoms with van der Waals surface area (Å²) in [4.78, 5) is 0. The van der Waals surface area contributed by atoms with Gasteiger partial charge in [0.05, 0.1) is 0 Å². The van der Waals surface area contributed by atoms with Gasteiger partial charge in [-0.1, -0.05) is 353 Å². The van der Waals surface area contributed by atoms with E-state index in [4.69, 9.17) is 8.83 Å². The number of aryl methyl sites for hydroxylation is 4. The Labute approximate surface area is 785 Å². The first kappa shape index (κ1) is 83.0. The number of benzene rings is 17. The van der Waals surface area contributed by atoms with E-state index in [-0.39, 0.29) is 27.1 Å². The van der Waals surface area contributed by atoms with E-state index in [9.17, 15) is 0 Å². The Morgan fingerprint density at radius 1 is 0.195 bits per heavy atom. The second-order valence-corrected chi connectivity index (χ2v) is 42.4. The Bertz CT molecular complexity index is 8080. The lowest BCUT2D eigenvalue weighted by Crippen LogP contribution is -2.26. The van der Waals surface area contributed by atoms with Crippen molar-refractivity contribution < 1.29 is 8.83 Å². The molecule has 2 nitrogen and oxygen atoms in total. The fraction of sp³-hybridized carbons (Fsp3) is 0.252. The van der Waals surface area contributed by atoms with Crippen LogP contribution in [0.1, 0.15) is 237 Å². The molecule has 133 heavy (non-hydrogen) atoms. The van der Waals surface area contributed by atoms with Crippen molar-refractivity contribution in [1.29, 1.82) is 0 Å². The Morgan fingerprint density at radius 2 is 0.519 bits per heavy atom. The molecule has 2 heterocycles. The zero-order valence-electron chi connectivity index (χ0n) is 79.9. The van der Waals surface area contributed by atoms with Crippen LogP contribution in [-0.4, -0.2) is 0 Å². The van der Waals surface area contributed by atoms with Gasteiger partial charge in [0.15, 0.2) is 0 Å². The summed E-state index contributed by atoms with van der Waals surface area (Å²) in [7, 11) is 0. The molecule has 0 spiro atoms. The van der Waals surface area contributed by atoms with Crippen LogP contribution in [0.15, 0.2) is 300 Å².